The molecule has 0 aliphatic heterocycles. The number of pyridine rings is 1. The van der Waals surface area contributed by atoms with Gasteiger partial charge in [-0.05, 0) is 34.9 Å². The molecule has 0 radical (unpaired) electrons. The summed E-state index contributed by atoms with van der Waals surface area (Å²) in [5.74, 6) is 1.71. The first-order valence-corrected chi connectivity index (χ1v) is 10.5. The van der Waals surface area contributed by atoms with Crippen LogP contribution in [0.25, 0.3) is 11.1 Å². The van der Waals surface area contributed by atoms with E-state index in [-0.39, 0.29) is 13.2 Å². The molecule has 4 aromatic rings. The van der Waals surface area contributed by atoms with Crippen LogP contribution < -0.4 is 14.2 Å². The second kappa shape index (κ2) is 11.0. The summed E-state index contributed by atoms with van der Waals surface area (Å²) in [6.45, 7) is 1.08. The van der Waals surface area contributed by atoms with Crippen molar-refractivity contribution in [2.75, 3.05) is 13.2 Å². The first kappa shape index (κ1) is 21.4. The number of hydrogen-bond donors (Lipinski definition) is 1. The molecule has 0 aliphatic carbocycles. The Bertz CT molecular complexity index is 1100. The van der Waals surface area contributed by atoms with Gasteiger partial charge in [0, 0.05) is 11.6 Å². The Labute approximate surface area is 187 Å². The SMILES string of the molecule is OCCOc1ccc(-c2ccc(OCc3ccccc3)nc2OCc2ccccc2)cc1. The van der Waals surface area contributed by atoms with E-state index in [9.17, 15) is 0 Å². The lowest BCUT2D eigenvalue weighted by molar-refractivity contribution is 0.201. The van der Waals surface area contributed by atoms with Crippen LogP contribution in [0.3, 0.4) is 0 Å². The van der Waals surface area contributed by atoms with Gasteiger partial charge in [-0.15, -0.1) is 0 Å². The minimum atomic E-state index is -0.0202. The van der Waals surface area contributed by atoms with Gasteiger partial charge in [-0.3, -0.25) is 0 Å². The fourth-order valence-electron chi connectivity index (χ4n) is 3.19. The van der Waals surface area contributed by atoms with Gasteiger partial charge in [0.2, 0.25) is 11.8 Å². The topological polar surface area (TPSA) is 60.8 Å². The summed E-state index contributed by atoms with van der Waals surface area (Å²) in [7, 11) is 0. The van der Waals surface area contributed by atoms with Crippen molar-refractivity contribution >= 4 is 0 Å². The molecular formula is C27H25NO4. The van der Waals surface area contributed by atoms with Crippen molar-refractivity contribution < 1.29 is 19.3 Å². The van der Waals surface area contributed by atoms with Crippen molar-refractivity contribution in [1.29, 1.82) is 0 Å². The van der Waals surface area contributed by atoms with Crippen LogP contribution in [0.4, 0.5) is 0 Å². The number of ether oxygens (including phenoxy) is 3. The number of benzene rings is 3. The molecule has 32 heavy (non-hydrogen) atoms. The lowest BCUT2D eigenvalue weighted by Crippen LogP contribution is -2.03. The lowest BCUT2D eigenvalue weighted by Gasteiger charge is -2.14. The van der Waals surface area contributed by atoms with Crippen molar-refractivity contribution in [1.82, 2.24) is 4.98 Å². The summed E-state index contributed by atoms with van der Waals surface area (Å²) in [6.07, 6.45) is 0. The number of aromatic nitrogens is 1. The number of nitrogens with zero attached hydrogens (tertiary/aromatic N) is 1. The Morgan fingerprint density at radius 1 is 0.625 bits per heavy atom. The number of aliphatic hydroxyl groups is 1. The summed E-state index contributed by atoms with van der Waals surface area (Å²) in [6, 6.07) is 31.4. The highest BCUT2D eigenvalue weighted by molar-refractivity contribution is 5.69. The normalized spacial score (nSPS) is 10.5. The van der Waals surface area contributed by atoms with Crippen molar-refractivity contribution in [3.8, 4) is 28.6 Å². The van der Waals surface area contributed by atoms with Crippen molar-refractivity contribution in [3.05, 3.63) is 108 Å². The van der Waals surface area contributed by atoms with Crippen LogP contribution in [-0.4, -0.2) is 23.3 Å². The minimum Gasteiger partial charge on any atom is -0.491 e. The average molecular weight is 428 g/mol. The molecule has 0 atom stereocenters. The van der Waals surface area contributed by atoms with E-state index >= 15 is 0 Å². The van der Waals surface area contributed by atoms with E-state index in [2.05, 4.69) is 4.98 Å². The molecule has 0 aliphatic rings. The Balaban J connectivity index is 1.56. The van der Waals surface area contributed by atoms with Crippen molar-refractivity contribution in [2.24, 2.45) is 0 Å². The zero-order valence-electron chi connectivity index (χ0n) is 17.7. The van der Waals surface area contributed by atoms with Crippen LogP contribution in [0.5, 0.6) is 17.5 Å². The number of aliphatic hydroxyl groups excluding tert-OH is 1. The maximum atomic E-state index is 8.93. The molecule has 1 aromatic heterocycles. The molecule has 0 spiro atoms. The highest BCUT2D eigenvalue weighted by Crippen LogP contribution is 2.32. The predicted octanol–water partition coefficient (Wildman–Crippen LogP) is 5.28. The summed E-state index contributed by atoms with van der Waals surface area (Å²) in [5, 5.41) is 8.93. The van der Waals surface area contributed by atoms with Gasteiger partial charge in [0.15, 0.2) is 0 Å². The summed E-state index contributed by atoms with van der Waals surface area (Å²) in [5.41, 5.74) is 3.94. The predicted molar refractivity (Wildman–Crippen MR) is 124 cm³/mol. The highest BCUT2D eigenvalue weighted by atomic mass is 16.5. The molecule has 0 amide bonds. The maximum absolute atomic E-state index is 8.93. The fourth-order valence-corrected chi connectivity index (χ4v) is 3.19. The molecule has 5 nitrogen and oxygen atoms in total. The van der Waals surface area contributed by atoms with Gasteiger partial charge in [0.1, 0.15) is 25.6 Å². The van der Waals surface area contributed by atoms with E-state index in [1.165, 1.54) is 0 Å². The zero-order chi connectivity index (χ0) is 22.0. The molecule has 3 aromatic carbocycles. The molecule has 1 heterocycles. The third-order valence-electron chi connectivity index (χ3n) is 4.81. The van der Waals surface area contributed by atoms with Crippen LogP contribution in [0.1, 0.15) is 11.1 Å². The Hall–Kier alpha value is -3.83. The molecule has 0 saturated carbocycles. The van der Waals surface area contributed by atoms with Gasteiger partial charge in [-0.25, -0.2) is 0 Å². The smallest absolute Gasteiger partial charge is 0.225 e. The molecule has 162 valence electrons. The molecule has 0 unspecified atom stereocenters. The molecule has 1 N–H and O–H groups in total. The summed E-state index contributed by atoms with van der Waals surface area (Å²) < 4.78 is 17.5. The summed E-state index contributed by atoms with van der Waals surface area (Å²) >= 11 is 0. The first-order chi connectivity index (χ1) is 15.8. The van der Waals surface area contributed by atoms with Crippen LogP contribution in [0.2, 0.25) is 0 Å². The number of rotatable bonds is 10. The van der Waals surface area contributed by atoms with Crippen molar-refractivity contribution in [2.45, 2.75) is 13.2 Å². The molecule has 4 rings (SSSR count). The Morgan fingerprint density at radius 3 is 1.88 bits per heavy atom. The molecule has 5 heteroatoms. The monoisotopic (exact) mass is 427 g/mol. The first-order valence-electron chi connectivity index (χ1n) is 10.5. The second-order valence-electron chi connectivity index (χ2n) is 7.15. The zero-order valence-corrected chi connectivity index (χ0v) is 17.7. The Kier molecular flexibility index (Phi) is 7.34. The van der Waals surface area contributed by atoms with Gasteiger partial charge >= 0.3 is 0 Å². The van der Waals surface area contributed by atoms with E-state index < -0.39 is 0 Å². The van der Waals surface area contributed by atoms with Crippen LogP contribution in [0.15, 0.2) is 97.1 Å². The van der Waals surface area contributed by atoms with Gasteiger partial charge in [0.25, 0.3) is 0 Å². The maximum Gasteiger partial charge on any atom is 0.225 e. The summed E-state index contributed by atoms with van der Waals surface area (Å²) in [4.78, 5) is 4.64. The largest absolute Gasteiger partial charge is 0.491 e. The molecule has 0 fully saturated rings. The number of hydrogen-bond acceptors (Lipinski definition) is 5. The molecule has 0 saturated heterocycles. The third-order valence-corrected chi connectivity index (χ3v) is 4.81. The van der Waals surface area contributed by atoms with E-state index in [1.54, 1.807) is 0 Å². The average Bonchev–Trinajstić information content (AvgIpc) is 2.86. The van der Waals surface area contributed by atoms with E-state index in [0.717, 1.165) is 22.3 Å². The second-order valence-corrected chi connectivity index (χ2v) is 7.15. The van der Waals surface area contributed by atoms with Gasteiger partial charge in [0.05, 0.1) is 6.61 Å². The van der Waals surface area contributed by atoms with Crippen LogP contribution >= 0.6 is 0 Å². The van der Waals surface area contributed by atoms with Gasteiger partial charge in [-0.1, -0.05) is 72.8 Å². The lowest BCUT2D eigenvalue weighted by atomic mass is 10.1. The standard InChI is InChI=1S/C27H25NO4/c29-17-18-30-24-13-11-23(12-14-24)25-15-16-26(31-19-21-7-3-1-4-8-21)28-27(25)32-20-22-9-5-2-6-10-22/h1-16,29H,17-20H2. The van der Waals surface area contributed by atoms with Crippen LogP contribution in [0, 0.1) is 0 Å². The third kappa shape index (κ3) is 5.86. The molecule has 0 bridgehead atoms. The molecular weight excluding hydrogens is 402 g/mol. The van der Waals surface area contributed by atoms with Gasteiger partial charge < -0.3 is 19.3 Å². The highest BCUT2D eigenvalue weighted by Gasteiger charge is 2.12. The van der Waals surface area contributed by atoms with E-state index in [0.29, 0.717) is 30.7 Å². The van der Waals surface area contributed by atoms with Gasteiger partial charge in [-0.2, -0.15) is 4.98 Å². The Morgan fingerprint density at radius 2 is 1.25 bits per heavy atom. The fraction of sp³-hybridized carbons (Fsp3) is 0.148. The minimum absolute atomic E-state index is 0.0202. The quantitative estimate of drug-likeness (QED) is 0.373. The van der Waals surface area contributed by atoms with Crippen LogP contribution in [-0.2, 0) is 13.2 Å². The van der Waals surface area contributed by atoms with E-state index in [1.807, 2.05) is 97.1 Å². The van der Waals surface area contributed by atoms with E-state index in [4.69, 9.17) is 19.3 Å². The van der Waals surface area contributed by atoms with Crippen molar-refractivity contribution in [3.63, 3.8) is 0 Å².